The Labute approximate surface area is 186 Å². The average Bonchev–Trinajstić information content (AvgIpc) is 3.10. The number of hydrogen-bond acceptors (Lipinski definition) is 5. The van der Waals surface area contributed by atoms with E-state index in [1.807, 2.05) is 0 Å². The number of aliphatic hydroxyl groups excluding tert-OH is 3. The molecule has 5 heteroatoms. The van der Waals surface area contributed by atoms with Crippen molar-refractivity contribution in [3.63, 3.8) is 0 Å². The van der Waals surface area contributed by atoms with Gasteiger partial charge in [0.2, 0.25) is 0 Å². The molecule has 3 saturated carbocycles. The molecule has 5 nitrogen and oxygen atoms in total. The molecular formula is C26H40O5. The van der Waals surface area contributed by atoms with E-state index in [-0.39, 0.29) is 18.1 Å². The first-order valence-corrected chi connectivity index (χ1v) is 12.4. The van der Waals surface area contributed by atoms with E-state index >= 15 is 0 Å². The van der Waals surface area contributed by atoms with Gasteiger partial charge in [-0.05, 0) is 85.9 Å². The quantitative estimate of drug-likeness (QED) is 0.594. The van der Waals surface area contributed by atoms with Crippen molar-refractivity contribution in [1.29, 1.82) is 0 Å². The van der Waals surface area contributed by atoms with Gasteiger partial charge in [-0.2, -0.15) is 0 Å². The third-order valence-corrected chi connectivity index (χ3v) is 10.2. The molecule has 4 fully saturated rings. The molecule has 174 valence electrons. The van der Waals surface area contributed by atoms with E-state index in [4.69, 9.17) is 9.47 Å². The van der Waals surface area contributed by atoms with E-state index < -0.39 is 24.6 Å². The zero-order valence-corrected chi connectivity index (χ0v) is 19.1. The molecule has 1 aliphatic heterocycles. The van der Waals surface area contributed by atoms with Crippen LogP contribution in [-0.2, 0) is 9.47 Å². The van der Waals surface area contributed by atoms with Crippen LogP contribution in [0.25, 0.3) is 0 Å². The molecule has 0 bridgehead atoms. The van der Waals surface area contributed by atoms with Crippen LogP contribution in [0.3, 0.4) is 0 Å². The molecule has 0 amide bonds. The minimum Gasteiger partial charge on any atom is -0.388 e. The molecule has 1 unspecified atom stereocenters. The van der Waals surface area contributed by atoms with Gasteiger partial charge in [0.05, 0.1) is 12.7 Å². The van der Waals surface area contributed by atoms with Crippen molar-refractivity contribution < 1.29 is 24.8 Å². The number of fused-ring (bicyclic) bond motifs is 5. The summed E-state index contributed by atoms with van der Waals surface area (Å²) in [5, 5.41) is 29.9. The predicted octanol–water partition coefficient (Wildman–Crippen LogP) is 3.58. The van der Waals surface area contributed by atoms with Gasteiger partial charge in [0.25, 0.3) is 0 Å². The Kier molecular flexibility index (Phi) is 5.66. The molecule has 31 heavy (non-hydrogen) atoms. The minimum atomic E-state index is -1.22. The van der Waals surface area contributed by atoms with Crippen LogP contribution in [0.4, 0.5) is 0 Å². The van der Waals surface area contributed by atoms with E-state index in [1.54, 1.807) is 0 Å². The normalized spacial score (nSPS) is 54.4. The standard InChI is InChI=1S/C26H40O5/c1-4-15-6-8-19-18-7-5-16-13-17(31-24-23(29)22(28)21(27)14-30-24)9-11-26(16,3)20(18)10-12-25(15,19)2/h4-5,15,17-24,27-29H,1,6-14H2,2-3H3/t15-,17-,18-,19-,20-,21+,22-,23+,24?,25+,26-/m0/s1. The van der Waals surface area contributed by atoms with Crippen molar-refractivity contribution in [2.45, 2.75) is 95.9 Å². The fourth-order valence-electron chi connectivity index (χ4n) is 8.26. The predicted molar refractivity (Wildman–Crippen MR) is 118 cm³/mol. The average molecular weight is 433 g/mol. The zero-order valence-electron chi connectivity index (χ0n) is 19.1. The van der Waals surface area contributed by atoms with Gasteiger partial charge in [-0.3, -0.25) is 0 Å². The Morgan fingerprint density at radius 1 is 1.06 bits per heavy atom. The van der Waals surface area contributed by atoms with E-state index in [0.717, 1.165) is 37.0 Å². The summed E-state index contributed by atoms with van der Waals surface area (Å²) in [5.41, 5.74) is 2.21. The Balaban J connectivity index is 1.29. The molecule has 11 atom stereocenters. The molecule has 0 spiro atoms. The van der Waals surface area contributed by atoms with Crippen molar-refractivity contribution in [1.82, 2.24) is 0 Å². The summed E-state index contributed by atoms with van der Waals surface area (Å²) >= 11 is 0. The van der Waals surface area contributed by atoms with E-state index in [9.17, 15) is 15.3 Å². The highest BCUT2D eigenvalue weighted by atomic mass is 16.7. The van der Waals surface area contributed by atoms with Crippen LogP contribution >= 0.6 is 0 Å². The summed E-state index contributed by atoms with van der Waals surface area (Å²) in [4.78, 5) is 0. The first kappa shape index (κ1) is 22.1. The molecule has 4 aliphatic carbocycles. The molecule has 5 aliphatic rings. The lowest BCUT2D eigenvalue weighted by atomic mass is 9.47. The second kappa shape index (κ2) is 7.95. The highest BCUT2D eigenvalue weighted by Gasteiger charge is 2.58. The Bertz CT molecular complexity index is 735. The number of allylic oxidation sites excluding steroid dienone is 2. The van der Waals surface area contributed by atoms with Gasteiger partial charge in [-0.15, -0.1) is 6.58 Å². The maximum absolute atomic E-state index is 10.2. The minimum absolute atomic E-state index is 0.00830. The summed E-state index contributed by atoms with van der Waals surface area (Å²) in [6.45, 7) is 9.16. The lowest BCUT2D eigenvalue weighted by molar-refractivity contribution is -0.284. The second-order valence-corrected chi connectivity index (χ2v) is 11.5. The van der Waals surface area contributed by atoms with E-state index in [0.29, 0.717) is 11.3 Å². The van der Waals surface area contributed by atoms with Gasteiger partial charge in [0.15, 0.2) is 6.29 Å². The van der Waals surface area contributed by atoms with Crippen LogP contribution in [-0.4, -0.2) is 52.6 Å². The lowest BCUT2D eigenvalue weighted by Gasteiger charge is -2.58. The van der Waals surface area contributed by atoms with Crippen molar-refractivity contribution in [2.75, 3.05) is 6.61 Å². The highest BCUT2D eigenvalue weighted by Crippen LogP contribution is 2.66. The summed E-state index contributed by atoms with van der Waals surface area (Å²) in [7, 11) is 0. The molecule has 3 N–H and O–H groups in total. The fourth-order valence-corrected chi connectivity index (χ4v) is 8.26. The van der Waals surface area contributed by atoms with Crippen LogP contribution in [0.5, 0.6) is 0 Å². The van der Waals surface area contributed by atoms with E-state index in [1.165, 1.54) is 37.7 Å². The second-order valence-electron chi connectivity index (χ2n) is 11.5. The molecule has 0 radical (unpaired) electrons. The topological polar surface area (TPSA) is 79.2 Å². The Morgan fingerprint density at radius 3 is 2.65 bits per heavy atom. The maximum atomic E-state index is 10.2. The number of ether oxygens (including phenoxy) is 2. The maximum Gasteiger partial charge on any atom is 0.186 e. The Hall–Kier alpha value is -0.720. The third-order valence-electron chi connectivity index (χ3n) is 10.2. The molecular weight excluding hydrogens is 392 g/mol. The van der Waals surface area contributed by atoms with Gasteiger partial charge in [-0.25, -0.2) is 0 Å². The number of aliphatic hydroxyl groups is 3. The van der Waals surface area contributed by atoms with Crippen LogP contribution < -0.4 is 0 Å². The van der Waals surface area contributed by atoms with Crippen molar-refractivity contribution in [3.05, 3.63) is 24.3 Å². The molecule has 0 aromatic heterocycles. The highest BCUT2D eigenvalue weighted by molar-refractivity contribution is 5.25. The number of rotatable bonds is 3. The summed E-state index contributed by atoms with van der Waals surface area (Å²) in [6.07, 6.45) is 9.78. The Morgan fingerprint density at radius 2 is 1.87 bits per heavy atom. The molecule has 1 saturated heterocycles. The van der Waals surface area contributed by atoms with Crippen LogP contribution in [0.2, 0.25) is 0 Å². The summed E-state index contributed by atoms with van der Waals surface area (Å²) in [6, 6.07) is 0. The summed E-state index contributed by atoms with van der Waals surface area (Å²) in [5.74, 6) is 3.03. The van der Waals surface area contributed by atoms with E-state index in [2.05, 4.69) is 32.6 Å². The molecule has 0 aromatic rings. The fraction of sp³-hybridized carbons (Fsp3) is 0.846. The smallest absolute Gasteiger partial charge is 0.186 e. The van der Waals surface area contributed by atoms with Crippen LogP contribution in [0.15, 0.2) is 24.3 Å². The van der Waals surface area contributed by atoms with Gasteiger partial charge in [-0.1, -0.05) is 31.6 Å². The monoisotopic (exact) mass is 432 g/mol. The first-order valence-electron chi connectivity index (χ1n) is 12.4. The van der Waals surface area contributed by atoms with Crippen molar-refractivity contribution >= 4 is 0 Å². The molecule has 5 rings (SSSR count). The van der Waals surface area contributed by atoms with Crippen molar-refractivity contribution in [3.8, 4) is 0 Å². The van der Waals surface area contributed by atoms with Gasteiger partial charge >= 0.3 is 0 Å². The largest absolute Gasteiger partial charge is 0.388 e. The SMILES string of the molecule is C=C[C@H]1CC[C@H]2[C@@H]3CC=C4C[C@@H](OC5OC[C@@H](O)[C@H](O)[C@H]5O)CC[C@]4(C)[C@H]3CC[C@]12C. The molecule has 1 heterocycles. The zero-order chi connectivity index (χ0) is 22.0. The van der Waals surface area contributed by atoms with Crippen LogP contribution in [0.1, 0.15) is 65.2 Å². The third kappa shape index (κ3) is 3.38. The van der Waals surface area contributed by atoms with Crippen molar-refractivity contribution in [2.24, 2.45) is 34.5 Å². The van der Waals surface area contributed by atoms with Gasteiger partial charge in [0, 0.05) is 0 Å². The van der Waals surface area contributed by atoms with Crippen LogP contribution in [0, 0.1) is 34.5 Å². The lowest BCUT2D eigenvalue weighted by Crippen LogP contribution is -2.55. The first-order chi connectivity index (χ1) is 14.8. The number of hydrogen-bond donors (Lipinski definition) is 3. The summed E-state index contributed by atoms with van der Waals surface area (Å²) < 4.78 is 11.6. The van der Waals surface area contributed by atoms with Gasteiger partial charge in [0.1, 0.15) is 18.3 Å². The molecule has 0 aromatic carbocycles. The van der Waals surface area contributed by atoms with Gasteiger partial charge < -0.3 is 24.8 Å².